The van der Waals surface area contributed by atoms with E-state index in [9.17, 15) is 0 Å². The second kappa shape index (κ2) is 11.4. The van der Waals surface area contributed by atoms with Gasteiger partial charge in [-0.1, -0.05) is 127 Å². The lowest BCUT2D eigenvalue weighted by atomic mass is 9.99. The van der Waals surface area contributed by atoms with Crippen molar-refractivity contribution in [2.24, 2.45) is 0 Å². The van der Waals surface area contributed by atoms with Gasteiger partial charge in [-0.25, -0.2) is 15.0 Å². The number of hydrogen-bond acceptors (Lipinski definition) is 4. The second-order valence-corrected chi connectivity index (χ2v) is 9.99. The highest BCUT2D eigenvalue weighted by Gasteiger charge is 2.13. The largest absolute Gasteiger partial charge is 0.256 e. The van der Waals surface area contributed by atoms with Crippen LogP contribution in [0, 0.1) is 0 Å². The first-order chi connectivity index (χ1) is 20.8. The molecule has 0 spiro atoms. The highest BCUT2D eigenvalue weighted by molar-refractivity contribution is 5.76. The molecule has 0 N–H and O–H groups in total. The molecule has 42 heavy (non-hydrogen) atoms. The summed E-state index contributed by atoms with van der Waals surface area (Å²) in [6.45, 7) is 0. The third-order valence-electron chi connectivity index (χ3n) is 7.19. The normalized spacial score (nSPS) is 10.9. The number of benzene rings is 5. The van der Waals surface area contributed by atoms with Crippen LogP contribution in [0.2, 0.25) is 0 Å². The van der Waals surface area contributed by atoms with E-state index >= 15 is 0 Å². The standard InChI is InChI=1S/C38H26N4/c1-3-11-27(12-4-1)28-20-22-30(23-21-28)37-40-36(29-13-5-2-6-14-29)41-38(42-37)34-18-10-16-32(26-34)31-15-9-17-33(25-31)35-19-7-8-24-39-35/h1-26H. The van der Waals surface area contributed by atoms with Crippen LogP contribution in [0.5, 0.6) is 0 Å². The average molecular weight is 539 g/mol. The first-order valence-corrected chi connectivity index (χ1v) is 13.9. The molecule has 0 unspecified atom stereocenters. The SMILES string of the molecule is c1ccc(-c2ccc(-c3nc(-c4ccccc4)nc(-c4cccc(-c5cccc(-c6ccccn6)c5)c4)n3)cc2)cc1. The zero-order valence-corrected chi connectivity index (χ0v) is 22.8. The lowest BCUT2D eigenvalue weighted by Gasteiger charge is -2.10. The van der Waals surface area contributed by atoms with E-state index < -0.39 is 0 Å². The molecule has 4 heteroatoms. The summed E-state index contributed by atoms with van der Waals surface area (Å²) in [5.41, 5.74) is 9.35. The maximum Gasteiger partial charge on any atom is 0.164 e. The number of hydrogen-bond donors (Lipinski definition) is 0. The van der Waals surface area contributed by atoms with Crippen LogP contribution in [-0.2, 0) is 0 Å². The summed E-state index contributed by atoms with van der Waals surface area (Å²) in [5.74, 6) is 1.92. The van der Waals surface area contributed by atoms with Crippen LogP contribution >= 0.6 is 0 Å². The van der Waals surface area contributed by atoms with Crippen molar-refractivity contribution in [1.29, 1.82) is 0 Å². The molecule has 0 bridgehead atoms. The summed E-state index contributed by atoms with van der Waals surface area (Å²) >= 11 is 0. The number of pyridine rings is 1. The summed E-state index contributed by atoms with van der Waals surface area (Å²) in [5, 5.41) is 0. The lowest BCUT2D eigenvalue weighted by molar-refractivity contribution is 1.07. The Kier molecular flexibility index (Phi) is 6.85. The summed E-state index contributed by atoms with van der Waals surface area (Å²) in [7, 11) is 0. The fraction of sp³-hybridized carbons (Fsp3) is 0. The molecule has 0 aliphatic rings. The molecule has 0 saturated heterocycles. The highest BCUT2D eigenvalue weighted by atomic mass is 15.0. The van der Waals surface area contributed by atoms with Gasteiger partial charge >= 0.3 is 0 Å². The first kappa shape index (κ1) is 25.2. The van der Waals surface area contributed by atoms with Crippen molar-refractivity contribution in [2.45, 2.75) is 0 Å². The van der Waals surface area contributed by atoms with Gasteiger partial charge in [0.05, 0.1) is 5.69 Å². The maximum absolute atomic E-state index is 4.97. The number of nitrogens with zero attached hydrogens (tertiary/aromatic N) is 4. The van der Waals surface area contributed by atoms with Crippen LogP contribution in [0.3, 0.4) is 0 Å². The Morgan fingerprint density at radius 2 is 0.714 bits per heavy atom. The van der Waals surface area contributed by atoms with E-state index in [2.05, 4.69) is 102 Å². The Morgan fingerprint density at radius 1 is 0.286 bits per heavy atom. The van der Waals surface area contributed by atoms with E-state index in [1.807, 2.05) is 60.8 Å². The minimum absolute atomic E-state index is 0.633. The van der Waals surface area contributed by atoms with Crippen LogP contribution in [0.15, 0.2) is 158 Å². The average Bonchev–Trinajstić information content (AvgIpc) is 3.09. The molecule has 4 nitrogen and oxygen atoms in total. The third-order valence-corrected chi connectivity index (χ3v) is 7.19. The molecule has 0 atom stereocenters. The van der Waals surface area contributed by atoms with E-state index in [1.54, 1.807) is 0 Å². The van der Waals surface area contributed by atoms with Crippen molar-refractivity contribution in [3.8, 4) is 67.7 Å². The van der Waals surface area contributed by atoms with E-state index in [-0.39, 0.29) is 0 Å². The Hall–Kier alpha value is -5.74. The highest BCUT2D eigenvalue weighted by Crippen LogP contribution is 2.30. The molecular formula is C38H26N4. The van der Waals surface area contributed by atoms with Gasteiger partial charge in [-0.3, -0.25) is 4.98 Å². The van der Waals surface area contributed by atoms with E-state index in [0.717, 1.165) is 44.6 Å². The smallest absolute Gasteiger partial charge is 0.164 e. The van der Waals surface area contributed by atoms with Crippen LogP contribution in [0.4, 0.5) is 0 Å². The third kappa shape index (κ3) is 5.34. The first-order valence-electron chi connectivity index (χ1n) is 13.9. The predicted octanol–water partition coefficient (Wildman–Crippen LogP) is 9.27. The van der Waals surface area contributed by atoms with Crippen molar-refractivity contribution in [3.63, 3.8) is 0 Å². The van der Waals surface area contributed by atoms with Gasteiger partial charge in [0.2, 0.25) is 0 Å². The molecule has 0 aliphatic heterocycles. The van der Waals surface area contributed by atoms with Gasteiger partial charge in [0.1, 0.15) is 0 Å². The van der Waals surface area contributed by atoms with Crippen molar-refractivity contribution < 1.29 is 0 Å². The van der Waals surface area contributed by atoms with E-state index in [1.165, 1.54) is 5.56 Å². The van der Waals surface area contributed by atoms with E-state index in [4.69, 9.17) is 15.0 Å². The Morgan fingerprint density at radius 3 is 1.33 bits per heavy atom. The fourth-order valence-corrected chi connectivity index (χ4v) is 5.02. The van der Waals surface area contributed by atoms with Gasteiger partial charge in [0.15, 0.2) is 17.5 Å². The van der Waals surface area contributed by atoms with Gasteiger partial charge in [0.25, 0.3) is 0 Å². The summed E-state index contributed by atoms with van der Waals surface area (Å²) < 4.78 is 0. The molecule has 7 aromatic rings. The molecule has 2 heterocycles. The summed E-state index contributed by atoms with van der Waals surface area (Å²) in [4.78, 5) is 19.3. The molecule has 5 aromatic carbocycles. The van der Waals surface area contributed by atoms with Gasteiger partial charge in [0, 0.05) is 28.5 Å². The monoisotopic (exact) mass is 538 g/mol. The molecule has 0 aliphatic carbocycles. The zero-order chi connectivity index (χ0) is 28.1. The molecule has 7 rings (SSSR count). The van der Waals surface area contributed by atoms with Crippen LogP contribution in [0.1, 0.15) is 0 Å². The second-order valence-electron chi connectivity index (χ2n) is 9.99. The number of rotatable bonds is 6. The quantitative estimate of drug-likeness (QED) is 0.212. The molecule has 198 valence electrons. The van der Waals surface area contributed by atoms with E-state index in [0.29, 0.717) is 17.5 Å². The van der Waals surface area contributed by atoms with Crippen LogP contribution < -0.4 is 0 Å². The summed E-state index contributed by atoms with van der Waals surface area (Å²) in [6.07, 6.45) is 1.82. The predicted molar refractivity (Wildman–Crippen MR) is 170 cm³/mol. The molecule has 0 fully saturated rings. The molecule has 0 saturated carbocycles. The van der Waals surface area contributed by atoms with Gasteiger partial charge in [-0.2, -0.15) is 0 Å². The molecule has 2 aromatic heterocycles. The Labute approximate surface area is 245 Å². The molecular weight excluding hydrogens is 512 g/mol. The van der Waals surface area contributed by atoms with Crippen LogP contribution in [-0.4, -0.2) is 19.9 Å². The molecule has 0 radical (unpaired) electrons. The minimum Gasteiger partial charge on any atom is -0.256 e. The number of aromatic nitrogens is 4. The Balaban J connectivity index is 1.30. The summed E-state index contributed by atoms with van der Waals surface area (Å²) in [6, 6.07) is 51.6. The fourth-order valence-electron chi connectivity index (χ4n) is 5.02. The van der Waals surface area contributed by atoms with Gasteiger partial charge in [-0.05, 0) is 46.5 Å². The van der Waals surface area contributed by atoms with Crippen molar-refractivity contribution in [1.82, 2.24) is 19.9 Å². The topological polar surface area (TPSA) is 51.6 Å². The van der Waals surface area contributed by atoms with Crippen LogP contribution in [0.25, 0.3) is 67.7 Å². The van der Waals surface area contributed by atoms with Crippen molar-refractivity contribution in [3.05, 3.63) is 158 Å². The van der Waals surface area contributed by atoms with Gasteiger partial charge < -0.3 is 0 Å². The Bertz CT molecular complexity index is 1950. The van der Waals surface area contributed by atoms with Gasteiger partial charge in [-0.15, -0.1) is 0 Å². The lowest BCUT2D eigenvalue weighted by Crippen LogP contribution is -2.00. The molecule has 0 amide bonds. The zero-order valence-electron chi connectivity index (χ0n) is 22.8. The van der Waals surface area contributed by atoms with Crippen molar-refractivity contribution >= 4 is 0 Å². The maximum atomic E-state index is 4.97. The minimum atomic E-state index is 0.633. The van der Waals surface area contributed by atoms with Crippen molar-refractivity contribution in [2.75, 3.05) is 0 Å².